The molecule has 3 rings (SSSR count). The van der Waals surface area contributed by atoms with E-state index in [4.69, 9.17) is 11.6 Å². The Labute approximate surface area is 230 Å². The Bertz CT molecular complexity index is 1320. The molecule has 38 heavy (non-hydrogen) atoms. The van der Waals surface area contributed by atoms with E-state index in [1.54, 1.807) is 49.4 Å². The van der Waals surface area contributed by atoms with Crippen molar-refractivity contribution in [2.75, 3.05) is 23.9 Å². The summed E-state index contributed by atoms with van der Waals surface area (Å²) in [6.07, 6.45) is 0.506. The molecule has 2 amide bonds. The standard InChI is InChI=1S/C29H34ClN3O4S/c1-22(2)20-31-29(35)23(3)32(19-18-24-12-6-4-7-13-24)28(34)21-33(27-17-11-10-16-26(27)30)38(36,37)25-14-8-5-9-15-25/h4-17,22-23H,18-21H2,1-3H3,(H,31,35)/t23-/m1/s1. The summed E-state index contributed by atoms with van der Waals surface area (Å²) in [5.41, 5.74) is 1.19. The molecule has 0 fully saturated rings. The molecule has 0 heterocycles. The summed E-state index contributed by atoms with van der Waals surface area (Å²) in [7, 11) is -4.14. The predicted molar refractivity (Wildman–Crippen MR) is 152 cm³/mol. The zero-order valence-corrected chi connectivity index (χ0v) is 23.5. The smallest absolute Gasteiger partial charge is 0.264 e. The Morgan fingerprint density at radius 1 is 0.868 bits per heavy atom. The summed E-state index contributed by atoms with van der Waals surface area (Å²) in [5, 5.41) is 3.07. The third-order valence-electron chi connectivity index (χ3n) is 6.07. The van der Waals surface area contributed by atoms with Crippen LogP contribution in [-0.4, -0.2) is 50.8 Å². The lowest BCUT2D eigenvalue weighted by atomic mass is 10.1. The van der Waals surface area contributed by atoms with Crippen molar-refractivity contribution in [1.29, 1.82) is 0 Å². The third kappa shape index (κ3) is 7.58. The second kappa shape index (κ2) is 13.4. The van der Waals surface area contributed by atoms with Gasteiger partial charge in [0.15, 0.2) is 0 Å². The van der Waals surface area contributed by atoms with Crippen LogP contribution in [-0.2, 0) is 26.0 Å². The maximum atomic E-state index is 13.8. The zero-order valence-electron chi connectivity index (χ0n) is 21.9. The van der Waals surface area contributed by atoms with E-state index in [1.807, 2.05) is 44.2 Å². The lowest BCUT2D eigenvalue weighted by Crippen LogP contribution is -2.52. The van der Waals surface area contributed by atoms with Gasteiger partial charge >= 0.3 is 0 Å². The fourth-order valence-electron chi connectivity index (χ4n) is 3.91. The van der Waals surface area contributed by atoms with E-state index in [-0.39, 0.29) is 34.0 Å². The quantitative estimate of drug-likeness (QED) is 0.349. The highest BCUT2D eigenvalue weighted by Gasteiger charge is 2.33. The maximum absolute atomic E-state index is 13.8. The van der Waals surface area contributed by atoms with Crippen LogP contribution in [0, 0.1) is 5.92 Å². The summed E-state index contributed by atoms with van der Waals surface area (Å²) < 4.78 is 28.5. The molecule has 9 heteroatoms. The fourth-order valence-corrected chi connectivity index (χ4v) is 5.65. The van der Waals surface area contributed by atoms with Gasteiger partial charge in [-0.05, 0) is 49.1 Å². The van der Waals surface area contributed by atoms with E-state index < -0.39 is 28.5 Å². The first kappa shape index (κ1) is 29.2. The molecule has 0 saturated carbocycles. The van der Waals surface area contributed by atoms with Crippen LogP contribution in [0.15, 0.2) is 89.8 Å². The number of sulfonamides is 1. The molecule has 0 bridgehead atoms. The SMILES string of the molecule is CC(C)CNC(=O)[C@@H](C)N(CCc1ccccc1)C(=O)CN(c1ccccc1Cl)S(=O)(=O)c1ccccc1. The van der Waals surface area contributed by atoms with Gasteiger partial charge in [-0.1, -0.05) is 86.1 Å². The van der Waals surface area contributed by atoms with Gasteiger partial charge < -0.3 is 10.2 Å². The molecule has 0 saturated heterocycles. The Balaban J connectivity index is 1.95. The average Bonchev–Trinajstić information content (AvgIpc) is 2.91. The van der Waals surface area contributed by atoms with Gasteiger partial charge in [0, 0.05) is 13.1 Å². The number of amides is 2. The van der Waals surface area contributed by atoms with Crippen molar-refractivity contribution in [2.24, 2.45) is 5.92 Å². The summed E-state index contributed by atoms with van der Waals surface area (Å²) in [6, 6.07) is 23.2. The monoisotopic (exact) mass is 555 g/mol. The van der Waals surface area contributed by atoms with Crippen LogP contribution < -0.4 is 9.62 Å². The number of hydrogen-bond donors (Lipinski definition) is 1. The maximum Gasteiger partial charge on any atom is 0.264 e. The number of carbonyl (C=O) groups excluding carboxylic acids is 2. The largest absolute Gasteiger partial charge is 0.354 e. The zero-order chi connectivity index (χ0) is 27.7. The van der Waals surface area contributed by atoms with E-state index in [0.717, 1.165) is 9.87 Å². The van der Waals surface area contributed by atoms with Gasteiger partial charge in [-0.3, -0.25) is 13.9 Å². The minimum atomic E-state index is -4.14. The van der Waals surface area contributed by atoms with E-state index in [0.29, 0.717) is 13.0 Å². The normalized spacial score (nSPS) is 12.1. The van der Waals surface area contributed by atoms with Gasteiger partial charge in [-0.25, -0.2) is 8.42 Å². The highest BCUT2D eigenvalue weighted by Crippen LogP contribution is 2.30. The highest BCUT2D eigenvalue weighted by atomic mass is 35.5. The van der Waals surface area contributed by atoms with Crippen molar-refractivity contribution < 1.29 is 18.0 Å². The number of para-hydroxylation sites is 1. The van der Waals surface area contributed by atoms with Crippen molar-refractivity contribution in [1.82, 2.24) is 10.2 Å². The van der Waals surface area contributed by atoms with Gasteiger partial charge in [-0.2, -0.15) is 0 Å². The molecule has 1 N–H and O–H groups in total. The van der Waals surface area contributed by atoms with E-state index >= 15 is 0 Å². The van der Waals surface area contributed by atoms with Crippen molar-refractivity contribution in [3.05, 3.63) is 95.5 Å². The van der Waals surface area contributed by atoms with Crippen LogP contribution in [0.5, 0.6) is 0 Å². The van der Waals surface area contributed by atoms with Gasteiger partial charge in [0.2, 0.25) is 11.8 Å². The van der Waals surface area contributed by atoms with Crippen molar-refractivity contribution in [3.63, 3.8) is 0 Å². The molecular weight excluding hydrogens is 522 g/mol. The van der Waals surface area contributed by atoms with Crippen molar-refractivity contribution >= 4 is 39.1 Å². The van der Waals surface area contributed by atoms with Crippen LogP contribution in [0.2, 0.25) is 5.02 Å². The Hall–Kier alpha value is -3.36. The number of nitrogens with zero attached hydrogens (tertiary/aromatic N) is 2. The molecule has 0 radical (unpaired) electrons. The first-order valence-corrected chi connectivity index (χ1v) is 14.4. The fraction of sp³-hybridized carbons (Fsp3) is 0.310. The summed E-state index contributed by atoms with van der Waals surface area (Å²) in [4.78, 5) is 28.3. The molecular formula is C29H34ClN3O4S. The Morgan fingerprint density at radius 2 is 1.45 bits per heavy atom. The number of nitrogens with one attached hydrogen (secondary N) is 1. The van der Waals surface area contributed by atoms with Crippen molar-refractivity contribution in [3.8, 4) is 0 Å². The topological polar surface area (TPSA) is 86.8 Å². The van der Waals surface area contributed by atoms with Crippen LogP contribution in [0.4, 0.5) is 5.69 Å². The summed E-state index contributed by atoms with van der Waals surface area (Å²) in [6.45, 7) is 5.82. The highest BCUT2D eigenvalue weighted by molar-refractivity contribution is 7.92. The molecule has 202 valence electrons. The number of hydrogen-bond acceptors (Lipinski definition) is 4. The number of anilines is 1. The lowest BCUT2D eigenvalue weighted by Gasteiger charge is -2.32. The molecule has 3 aromatic carbocycles. The molecule has 7 nitrogen and oxygen atoms in total. The van der Waals surface area contributed by atoms with E-state index in [2.05, 4.69) is 5.32 Å². The molecule has 0 spiro atoms. The first-order valence-electron chi connectivity index (χ1n) is 12.5. The van der Waals surface area contributed by atoms with Crippen molar-refractivity contribution in [2.45, 2.75) is 38.1 Å². The van der Waals surface area contributed by atoms with Gasteiger partial charge in [-0.15, -0.1) is 0 Å². The van der Waals surface area contributed by atoms with Crippen LogP contribution in [0.3, 0.4) is 0 Å². The molecule has 3 aromatic rings. The van der Waals surface area contributed by atoms with E-state index in [9.17, 15) is 18.0 Å². The first-order chi connectivity index (χ1) is 18.1. The lowest BCUT2D eigenvalue weighted by molar-refractivity contribution is -0.138. The van der Waals surface area contributed by atoms with E-state index in [1.165, 1.54) is 17.0 Å². The minimum absolute atomic E-state index is 0.0336. The number of benzene rings is 3. The van der Waals surface area contributed by atoms with Gasteiger partial charge in [0.1, 0.15) is 12.6 Å². The van der Waals surface area contributed by atoms with Gasteiger partial charge in [0.25, 0.3) is 10.0 Å². The van der Waals surface area contributed by atoms with Gasteiger partial charge in [0.05, 0.1) is 15.6 Å². The average molecular weight is 556 g/mol. The molecule has 0 aromatic heterocycles. The predicted octanol–water partition coefficient (Wildman–Crippen LogP) is 4.77. The van der Waals surface area contributed by atoms with Crippen LogP contribution in [0.1, 0.15) is 26.3 Å². The number of carbonyl (C=O) groups is 2. The second-order valence-electron chi connectivity index (χ2n) is 9.41. The van der Waals surface area contributed by atoms with Crippen LogP contribution in [0.25, 0.3) is 0 Å². The minimum Gasteiger partial charge on any atom is -0.354 e. The number of halogens is 1. The number of rotatable bonds is 12. The molecule has 0 unspecified atom stereocenters. The third-order valence-corrected chi connectivity index (χ3v) is 8.16. The van der Waals surface area contributed by atoms with Crippen LogP contribution >= 0.6 is 11.6 Å². The second-order valence-corrected chi connectivity index (χ2v) is 11.7. The molecule has 0 aliphatic rings. The molecule has 0 aliphatic carbocycles. The Kier molecular flexibility index (Phi) is 10.3. The summed E-state index contributed by atoms with van der Waals surface area (Å²) >= 11 is 6.41. The Morgan fingerprint density at radius 3 is 2.05 bits per heavy atom. The summed E-state index contributed by atoms with van der Waals surface area (Å²) in [5.74, 6) is -0.561. The molecule has 0 aliphatic heterocycles. The molecule has 1 atom stereocenters.